The SMILES string of the molecule is C1CC[C@@H](CC2CCOCC2)NC1. The summed E-state index contributed by atoms with van der Waals surface area (Å²) < 4.78 is 5.37. The first kappa shape index (κ1) is 9.47. The molecule has 2 saturated heterocycles. The van der Waals surface area contributed by atoms with Crippen LogP contribution in [0.5, 0.6) is 0 Å². The minimum absolute atomic E-state index is 0.817. The van der Waals surface area contributed by atoms with Crippen LogP contribution in [0, 0.1) is 5.92 Å². The molecule has 0 aromatic heterocycles. The van der Waals surface area contributed by atoms with Gasteiger partial charge in [-0.05, 0) is 44.6 Å². The Morgan fingerprint density at radius 2 is 1.92 bits per heavy atom. The molecular weight excluding hydrogens is 162 g/mol. The largest absolute Gasteiger partial charge is 0.381 e. The van der Waals surface area contributed by atoms with Crippen LogP contribution in [-0.4, -0.2) is 25.8 Å². The number of hydrogen-bond acceptors (Lipinski definition) is 2. The molecule has 2 heteroatoms. The second kappa shape index (κ2) is 4.97. The third-order valence-electron chi connectivity index (χ3n) is 3.37. The number of ether oxygens (including phenoxy) is 1. The van der Waals surface area contributed by atoms with E-state index in [1.54, 1.807) is 0 Å². The summed E-state index contributed by atoms with van der Waals surface area (Å²) in [6, 6.07) is 0.817. The van der Waals surface area contributed by atoms with Gasteiger partial charge < -0.3 is 10.1 Å². The molecule has 0 aliphatic carbocycles. The van der Waals surface area contributed by atoms with Gasteiger partial charge in [-0.2, -0.15) is 0 Å². The van der Waals surface area contributed by atoms with Gasteiger partial charge in [-0.25, -0.2) is 0 Å². The summed E-state index contributed by atoms with van der Waals surface area (Å²) in [6.07, 6.45) is 8.18. The Labute approximate surface area is 81.0 Å². The zero-order chi connectivity index (χ0) is 8.93. The Balaban J connectivity index is 1.69. The van der Waals surface area contributed by atoms with Gasteiger partial charge in [0.05, 0.1) is 0 Å². The van der Waals surface area contributed by atoms with Crippen molar-refractivity contribution < 1.29 is 4.74 Å². The van der Waals surface area contributed by atoms with Crippen LogP contribution in [-0.2, 0) is 4.74 Å². The van der Waals surface area contributed by atoms with Crippen molar-refractivity contribution in [3.05, 3.63) is 0 Å². The van der Waals surface area contributed by atoms with E-state index < -0.39 is 0 Å². The van der Waals surface area contributed by atoms with Crippen molar-refractivity contribution in [2.45, 2.75) is 44.6 Å². The van der Waals surface area contributed by atoms with E-state index in [-0.39, 0.29) is 0 Å². The van der Waals surface area contributed by atoms with Crippen LogP contribution in [0.3, 0.4) is 0 Å². The topological polar surface area (TPSA) is 21.3 Å². The maximum atomic E-state index is 5.37. The molecule has 1 N–H and O–H groups in total. The van der Waals surface area contributed by atoms with Crippen LogP contribution in [0.2, 0.25) is 0 Å². The molecule has 2 fully saturated rings. The number of nitrogens with one attached hydrogen (secondary N) is 1. The maximum absolute atomic E-state index is 5.37. The highest BCUT2D eigenvalue weighted by molar-refractivity contribution is 4.76. The maximum Gasteiger partial charge on any atom is 0.0468 e. The molecule has 0 bridgehead atoms. The monoisotopic (exact) mass is 183 g/mol. The second-order valence-corrected chi connectivity index (χ2v) is 4.44. The summed E-state index contributed by atoms with van der Waals surface area (Å²) in [6.45, 7) is 3.24. The fourth-order valence-corrected chi connectivity index (χ4v) is 2.51. The van der Waals surface area contributed by atoms with Crippen molar-refractivity contribution in [2.75, 3.05) is 19.8 Å². The Morgan fingerprint density at radius 3 is 2.62 bits per heavy atom. The standard InChI is InChI=1S/C11H21NO/c1-2-6-12-11(3-1)9-10-4-7-13-8-5-10/h10-12H,1-9H2/t11-/m0/s1. The summed E-state index contributed by atoms with van der Waals surface area (Å²) in [5.74, 6) is 0.935. The highest BCUT2D eigenvalue weighted by atomic mass is 16.5. The highest BCUT2D eigenvalue weighted by Gasteiger charge is 2.20. The Morgan fingerprint density at radius 1 is 1.08 bits per heavy atom. The van der Waals surface area contributed by atoms with Crippen molar-refractivity contribution in [2.24, 2.45) is 5.92 Å². The molecule has 2 rings (SSSR count). The van der Waals surface area contributed by atoms with Crippen LogP contribution in [0.1, 0.15) is 38.5 Å². The van der Waals surface area contributed by atoms with Crippen molar-refractivity contribution in [3.63, 3.8) is 0 Å². The quantitative estimate of drug-likeness (QED) is 0.706. The Kier molecular flexibility index (Phi) is 3.62. The van der Waals surface area contributed by atoms with E-state index in [0.29, 0.717) is 0 Å². The molecule has 0 unspecified atom stereocenters. The van der Waals surface area contributed by atoms with E-state index in [2.05, 4.69) is 5.32 Å². The first-order valence-electron chi connectivity index (χ1n) is 5.76. The van der Waals surface area contributed by atoms with E-state index in [1.165, 1.54) is 45.1 Å². The fourth-order valence-electron chi connectivity index (χ4n) is 2.51. The van der Waals surface area contributed by atoms with Gasteiger partial charge >= 0.3 is 0 Å². The first-order valence-corrected chi connectivity index (χ1v) is 5.76. The summed E-state index contributed by atoms with van der Waals surface area (Å²) in [4.78, 5) is 0. The zero-order valence-electron chi connectivity index (χ0n) is 8.43. The first-order chi connectivity index (χ1) is 6.45. The van der Waals surface area contributed by atoms with Crippen LogP contribution >= 0.6 is 0 Å². The van der Waals surface area contributed by atoms with Gasteiger partial charge in [0, 0.05) is 19.3 Å². The average molecular weight is 183 g/mol. The number of rotatable bonds is 2. The highest BCUT2D eigenvalue weighted by Crippen LogP contribution is 2.23. The molecule has 0 aromatic rings. The minimum Gasteiger partial charge on any atom is -0.381 e. The van der Waals surface area contributed by atoms with Crippen molar-refractivity contribution in [3.8, 4) is 0 Å². The lowest BCUT2D eigenvalue weighted by molar-refractivity contribution is 0.0595. The van der Waals surface area contributed by atoms with E-state index in [0.717, 1.165) is 25.2 Å². The Bertz CT molecular complexity index is 121. The van der Waals surface area contributed by atoms with Crippen molar-refractivity contribution in [1.29, 1.82) is 0 Å². The summed E-state index contributed by atoms with van der Waals surface area (Å²) >= 11 is 0. The molecule has 1 atom stereocenters. The van der Waals surface area contributed by atoms with Crippen molar-refractivity contribution in [1.82, 2.24) is 5.32 Å². The van der Waals surface area contributed by atoms with Gasteiger partial charge in [-0.15, -0.1) is 0 Å². The smallest absolute Gasteiger partial charge is 0.0468 e. The van der Waals surface area contributed by atoms with Gasteiger partial charge in [0.25, 0.3) is 0 Å². The molecular formula is C11H21NO. The molecule has 2 heterocycles. The summed E-state index contributed by atoms with van der Waals surface area (Å²) in [5, 5.41) is 3.63. The van der Waals surface area contributed by atoms with Crippen LogP contribution < -0.4 is 5.32 Å². The molecule has 0 spiro atoms. The normalized spacial score (nSPS) is 31.8. The number of piperidine rings is 1. The number of hydrogen-bond donors (Lipinski definition) is 1. The van der Waals surface area contributed by atoms with Crippen molar-refractivity contribution >= 4 is 0 Å². The lowest BCUT2D eigenvalue weighted by Crippen LogP contribution is -2.36. The van der Waals surface area contributed by atoms with Crippen LogP contribution in [0.25, 0.3) is 0 Å². The average Bonchev–Trinajstić information content (AvgIpc) is 2.21. The molecule has 76 valence electrons. The summed E-state index contributed by atoms with van der Waals surface area (Å²) in [7, 11) is 0. The van der Waals surface area contributed by atoms with E-state index in [9.17, 15) is 0 Å². The molecule has 0 aromatic carbocycles. The second-order valence-electron chi connectivity index (χ2n) is 4.44. The van der Waals surface area contributed by atoms with Gasteiger partial charge in [-0.1, -0.05) is 6.42 Å². The zero-order valence-corrected chi connectivity index (χ0v) is 8.43. The van der Waals surface area contributed by atoms with Gasteiger partial charge in [-0.3, -0.25) is 0 Å². The molecule has 0 saturated carbocycles. The molecule has 2 aliphatic rings. The lowest BCUT2D eigenvalue weighted by Gasteiger charge is -2.29. The molecule has 0 radical (unpaired) electrons. The van der Waals surface area contributed by atoms with E-state index in [1.807, 2.05) is 0 Å². The predicted octanol–water partition coefficient (Wildman–Crippen LogP) is 1.95. The van der Waals surface area contributed by atoms with Crippen LogP contribution in [0.15, 0.2) is 0 Å². The molecule has 2 nitrogen and oxygen atoms in total. The van der Waals surface area contributed by atoms with Gasteiger partial charge in [0.2, 0.25) is 0 Å². The molecule has 2 aliphatic heterocycles. The Hall–Kier alpha value is -0.0800. The molecule has 0 amide bonds. The van der Waals surface area contributed by atoms with E-state index in [4.69, 9.17) is 4.74 Å². The predicted molar refractivity (Wildman–Crippen MR) is 53.8 cm³/mol. The van der Waals surface area contributed by atoms with Gasteiger partial charge in [0.1, 0.15) is 0 Å². The third kappa shape index (κ3) is 2.96. The minimum atomic E-state index is 0.817. The summed E-state index contributed by atoms with van der Waals surface area (Å²) in [5.41, 5.74) is 0. The van der Waals surface area contributed by atoms with E-state index >= 15 is 0 Å². The lowest BCUT2D eigenvalue weighted by atomic mass is 9.89. The van der Waals surface area contributed by atoms with Crippen LogP contribution in [0.4, 0.5) is 0 Å². The fraction of sp³-hybridized carbons (Fsp3) is 1.00. The third-order valence-corrected chi connectivity index (χ3v) is 3.37. The molecule has 13 heavy (non-hydrogen) atoms. The van der Waals surface area contributed by atoms with Gasteiger partial charge in [0.15, 0.2) is 0 Å².